The number of aliphatic hydroxyl groups excluding tert-OH is 1. The fraction of sp³-hybridized carbons (Fsp3) is 0.483. The van der Waals surface area contributed by atoms with Crippen molar-refractivity contribution >= 4 is 67.7 Å². The zero-order chi connectivity index (χ0) is 57.4. The first-order chi connectivity index (χ1) is 37.9. The van der Waals surface area contributed by atoms with Crippen LogP contribution in [0.2, 0.25) is 0 Å². The third-order valence-corrected chi connectivity index (χ3v) is 17.5. The lowest BCUT2D eigenvalue weighted by molar-refractivity contribution is -0.139. The molecule has 0 bridgehead atoms. The minimum absolute atomic E-state index is 0.0275. The number of carbonyl (C=O) groups excluding carboxylic acids is 4. The van der Waals surface area contributed by atoms with E-state index in [1.165, 1.54) is 20.6 Å². The van der Waals surface area contributed by atoms with E-state index >= 15 is 4.39 Å². The lowest BCUT2D eigenvalue weighted by atomic mass is 9.85. The zero-order valence-electron chi connectivity index (χ0n) is 46.3. The highest BCUT2D eigenvalue weighted by Gasteiger charge is 2.49. The monoisotopic (exact) mass is 1140 g/mol. The van der Waals surface area contributed by atoms with Crippen LogP contribution in [0.3, 0.4) is 0 Å². The van der Waals surface area contributed by atoms with Crippen LogP contribution in [0, 0.1) is 24.0 Å². The molecule has 1 aliphatic carbocycles. The van der Waals surface area contributed by atoms with Gasteiger partial charge in [-0.25, -0.2) is 32.2 Å². The van der Waals surface area contributed by atoms with Crippen molar-refractivity contribution in [1.29, 1.82) is 0 Å². The third-order valence-electron chi connectivity index (χ3n) is 15.7. The smallest absolute Gasteiger partial charge is 0.260 e. The number of anilines is 1. The summed E-state index contributed by atoms with van der Waals surface area (Å²) in [6, 6.07) is 7.80. The van der Waals surface area contributed by atoms with Gasteiger partial charge in [0.15, 0.2) is 27.0 Å². The van der Waals surface area contributed by atoms with Gasteiger partial charge in [-0.2, -0.15) is 0 Å². The van der Waals surface area contributed by atoms with Crippen molar-refractivity contribution in [1.82, 2.24) is 40.7 Å². The van der Waals surface area contributed by atoms with Crippen LogP contribution in [0.15, 0.2) is 87.0 Å². The Morgan fingerprint density at radius 3 is 2.35 bits per heavy atom. The van der Waals surface area contributed by atoms with Crippen LogP contribution in [-0.4, -0.2) is 118 Å². The van der Waals surface area contributed by atoms with E-state index in [1.807, 2.05) is 52.0 Å². The molecule has 7 heterocycles. The van der Waals surface area contributed by atoms with Crippen molar-refractivity contribution in [2.24, 2.45) is 17.5 Å². The van der Waals surface area contributed by atoms with Gasteiger partial charge in [-0.05, 0) is 66.9 Å². The second-order valence-corrected chi connectivity index (χ2v) is 25.8. The Hall–Kier alpha value is -6.91. The van der Waals surface area contributed by atoms with Crippen LogP contribution < -0.4 is 31.7 Å². The van der Waals surface area contributed by atoms with E-state index in [1.54, 1.807) is 43.1 Å². The first-order valence-electron chi connectivity index (χ1n) is 27.3. The van der Waals surface area contributed by atoms with Crippen LogP contribution >= 0.6 is 11.3 Å². The number of halogens is 2. The summed E-state index contributed by atoms with van der Waals surface area (Å²) in [7, 11) is -2.20. The average Bonchev–Trinajstić information content (AvgIpc) is 4.17. The van der Waals surface area contributed by atoms with Crippen LogP contribution in [0.4, 0.5) is 14.6 Å². The highest BCUT2D eigenvalue weighted by atomic mass is 32.2. The van der Waals surface area contributed by atoms with Gasteiger partial charge in [0.05, 0.1) is 63.1 Å². The molecule has 5 aliphatic rings. The molecule has 426 valence electrons. The molecule has 0 saturated carbocycles. The summed E-state index contributed by atoms with van der Waals surface area (Å²) in [6.07, 6.45) is 11.5. The topological polar surface area (TPSA) is 237 Å². The molecule has 18 nitrogen and oxygen atoms in total. The van der Waals surface area contributed by atoms with E-state index in [9.17, 15) is 41.9 Å². The van der Waals surface area contributed by atoms with Gasteiger partial charge in [0, 0.05) is 75.4 Å². The Labute approximate surface area is 468 Å². The number of amides is 4. The Kier molecular flexibility index (Phi) is 16.8. The van der Waals surface area contributed by atoms with Gasteiger partial charge in [-0.1, -0.05) is 83.6 Å². The molecular weight excluding hydrogens is 1070 g/mol. The number of amidine groups is 1. The van der Waals surface area contributed by atoms with Crippen LogP contribution in [-0.2, 0) is 41.6 Å². The number of hydrogen-bond donors (Lipinski definition) is 5. The molecule has 4 aromatic rings. The number of benzene rings is 1. The number of likely N-dealkylation sites (tertiary alicyclic amines) is 1. The summed E-state index contributed by atoms with van der Waals surface area (Å²) in [5.74, 6) is -3.69. The van der Waals surface area contributed by atoms with E-state index in [-0.39, 0.29) is 66.2 Å². The third kappa shape index (κ3) is 11.9. The first kappa shape index (κ1) is 57.8. The predicted molar refractivity (Wildman–Crippen MR) is 304 cm³/mol. The summed E-state index contributed by atoms with van der Waals surface area (Å²) in [4.78, 5) is 87.3. The van der Waals surface area contributed by atoms with Gasteiger partial charge in [-0.15, -0.1) is 11.3 Å². The standard InChI is InChI=1S/C58H70F2N10O8S2/c1-33-49(79-32-64-33)34-17-19-35(20-18-34)58(5)56(76)66-51(67-58)43-27-37(71)29-70(43)55(75)50(57(2,3)4)65-44(72)16-14-12-10-8-9-11-13-15-23-62-53(73)45-39-30-69(52-41(60)26-36(59)28-63-52)42-21-24-61-48(46(39)42)47-38(22-25-68(6)54(47)74)40(45)31-80(7,77)78/h17-20,22,25-26,28,30,32,37,42-43,50,61,71H,8-16,21,23-24,27,29,31H2,1-7H3,(H,62,73)(H,65,72)(H,66,67,76)/t37-,42?,43-,50-,58+/m1/s1. The molecule has 4 aliphatic heterocycles. The quantitative estimate of drug-likeness (QED) is 0.0610. The van der Waals surface area contributed by atoms with Crippen molar-refractivity contribution in [2.45, 2.75) is 135 Å². The van der Waals surface area contributed by atoms with Crippen molar-refractivity contribution < 1.29 is 41.5 Å². The molecule has 3 aromatic heterocycles. The number of nitrogens with one attached hydrogen (secondary N) is 4. The summed E-state index contributed by atoms with van der Waals surface area (Å²) in [6.45, 7) is 9.98. The number of pyridine rings is 2. The highest BCUT2D eigenvalue weighted by Crippen LogP contribution is 2.47. The van der Waals surface area contributed by atoms with E-state index in [4.69, 9.17) is 4.99 Å². The van der Waals surface area contributed by atoms with E-state index in [0.29, 0.717) is 59.6 Å². The number of unbranched alkanes of at least 4 members (excludes halogenated alkanes) is 7. The van der Waals surface area contributed by atoms with Crippen LogP contribution in [0.25, 0.3) is 21.7 Å². The van der Waals surface area contributed by atoms with Crippen LogP contribution in [0.1, 0.15) is 121 Å². The number of hydrogen-bond acceptors (Lipinski definition) is 14. The maximum absolute atomic E-state index is 15.4. The second kappa shape index (κ2) is 23.3. The van der Waals surface area contributed by atoms with Gasteiger partial charge >= 0.3 is 0 Å². The largest absolute Gasteiger partial charge is 0.391 e. The molecule has 0 spiro atoms. The minimum Gasteiger partial charge on any atom is -0.391 e. The van der Waals surface area contributed by atoms with E-state index < -0.39 is 73.9 Å². The molecule has 1 fully saturated rings. The first-order valence-corrected chi connectivity index (χ1v) is 30.3. The molecule has 22 heteroatoms. The van der Waals surface area contributed by atoms with Crippen molar-refractivity contribution in [3.8, 4) is 10.4 Å². The Balaban J connectivity index is 0.763. The number of β-amino-alcohol motifs (C(OH)–C–C–N with tert-alkyl or cyclic N) is 1. The number of aliphatic hydroxyl groups is 1. The van der Waals surface area contributed by atoms with Crippen molar-refractivity contribution in [3.63, 3.8) is 0 Å². The number of aliphatic imine (C=N–C) groups is 1. The highest BCUT2D eigenvalue weighted by molar-refractivity contribution is 7.91. The number of thiazole rings is 1. The number of aryl methyl sites for hydroxylation is 2. The van der Waals surface area contributed by atoms with Gasteiger partial charge in [-0.3, -0.25) is 24.0 Å². The fourth-order valence-electron chi connectivity index (χ4n) is 11.5. The van der Waals surface area contributed by atoms with Crippen molar-refractivity contribution in [2.75, 3.05) is 36.5 Å². The molecule has 1 saturated heterocycles. The lowest BCUT2D eigenvalue weighted by Gasteiger charge is -2.35. The molecular formula is C58H70F2N10O8S2. The van der Waals surface area contributed by atoms with E-state index in [0.717, 1.165) is 73.2 Å². The zero-order valence-corrected chi connectivity index (χ0v) is 47.9. The van der Waals surface area contributed by atoms with Crippen molar-refractivity contribution in [3.05, 3.63) is 122 Å². The number of nitrogens with zero attached hydrogens (tertiary/aromatic N) is 6. The normalized spacial score (nSPS) is 21.1. The number of rotatable bonds is 20. The SMILES string of the molecule is Cc1ncsc1-c1ccc([C@]2(C)N=C([C@H]3C[C@@H](O)CN3C(=O)[C@@H](NC(=O)CCCCCCCCCCNC(=O)C3=C(CS(C)(=O)=O)c4ccn(C)c(=O)c4C4=C5C3=CN(c3ncc(F)cc3F)C5CCN4)C(C)(C)C)NC2=O)cc1. The Morgan fingerprint density at radius 1 is 0.988 bits per heavy atom. The van der Waals surface area contributed by atoms with Gasteiger partial charge in [0.2, 0.25) is 11.8 Å². The molecule has 4 amide bonds. The average molecular weight is 1140 g/mol. The Bertz CT molecular complexity index is 3420. The fourth-order valence-corrected chi connectivity index (χ4v) is 13.1. The molecule has 5 atom stereocenters. The maximum atomic E-state index is 15.4. The van der Waals surface area contributed by atoms with Gasteiger partial charge in [0.1, 0.15) is 17.7 Å². The van der Waals surface area contributed by atoms with E-state index in [2.05, 4.69) is 31.2 Å². The number of sulfone groups is 1. The molecule has 5 N–H and O–H groups in total. The molecule has 80 heavy (non-hydrogen) atoms. The molecule has 0 radical (unpaired) electrons. The summed E-state index contributed by atoms with van der Waals surface area (Å²) in [5.41, 5.74) is 4.02. The Morgan fingerprint density at radius 2 is 1.69 bits per heavy atom. The van der Waals surface area contributed by atoms with Crippen LogP contribution in [0.5, 0.6) is 0 Å². The maximum Gasteiger partial charge on any atom is 0.260 e. The summed E-state index contributed by atoms with van der Waals surface area (Å²) >= 11 is 1.54. The lowest BCUT2D eigenvalue weighted by Crippen LogP contribution is -2.57. The van der Waals surface area contributed by atoms with Gasteiger partial charge < -0.3 is 40.7 Å². The predicted octanol–water partition coefficient (Wildman–Crippen LogP) is 6.34. The molecule has 1 aromatic carbocycles. The summed E-state index contributed by atoms with van der Waals surface area (Å²) in [5, 5.41) is 23.1. The van der Waals surface area contributed by atoms with Gasteiger partial charge in [0.25, 0.3) is 17.4 Å². The minimum atomic E-state index is -3.78. The summed E-state index contributed by atoms with van der Waals surface area (Å²) < 4.78 is 57.1. The molecule has 9 rings (SSSR count). The second-order valence-electron chi connectivity index (χ2n) is 22.8. The number of aromatic nitrogens is 3. The number of carbonyl (C=O) groups is 4. The number of fused-ring (bicyclic) bond motifs is 2. The molecule has 1 unspecified atom stereocenters.